The molecule has 3 unspecified atom stereocenters. The molecule has 2 amide bonds. The third-order valence-corrected chi connectivity index (χ3v) is 4.75. The van der Waals surface area contributed by atoms with Crippen molar-refractivity contribution in [1.29, 1.82) is 0 Å². The molecule has 0 radical (unpaired) electrons. The van der Waals surface area contributed by atoms with Crippen LogP contribution in [0.25, 0.3) is 0 Å². The molecule has 0 bridgehead atoms. The van der Waals surface area contributed by atoms with Crippen LogP contribution >= 0.6 is 12.4 Å². The highest BCUT2D eigenvalue weighted by atomic mass is 35.5. The highest BCUT2D eigenvalue weighted by Gasteiger charge is 2.29. The maximum absolute atomic E-state index is 12.7. The van der Waals surface area contributed by atoms with E-state index in [2.05, 4.69) is 22.9 Å². The molecule has 1 aromatic rings. The molecule has 0 saturated carbocycles. The van der Waals surface area contributed by atoms with E-state index in [0.29, 0.717) is 12.2 Å². The fraction of sp³-hybridized carbons (Fsp3) is 0.600. The van der Waals surface area contributed by atoms with Crippen LogP contribution in [-0.2, 0) is 4.79 Å². The Morgan fingerprint density at radius 2 is 1.93 bits per heavy atom. The second kappa shape index (κ2) is 11.1. The van der Waals surface area contributed by atoms with Crippen molar-refractivity contribution in [2.45, 2.75) is 58.7 Å². The van der Waals surface area contributed by atoms with E-state index in [1.165, 1.54) is 0 Å². The number of hydrogen-bond donors (Lipinski definition) is 3. The Bertz CT molecular complexity index is 607. The van der Waals surface area contributed by atoms with Gasteiger partial charge >= 0.3 is 0 Å². The molecule has 1 aliphatic rings. The highest BCUT2D eigenvalue weighted by Crippen LogP contribution is 2.14. The lowest BCUT2D eigenvalue weighted by molar-refractivity contribution is -0.125. The van der Waals surface area contributed by atoms with Crippen molar-refractivity contribution in [3.63, 3.8) is 0 Å². The summed E-state index contributed by atoms with van der Waals surface area (Å²) in [7, 11) is 0. The van der Waals surface area contributed by atoms with E-state index >= 15 is 0 Å². The molecule has 3 atom stereocenters. The summed E-state index contributed by atoms with van der Waals surface area (Å²) in [5, 5.41) is 9.35. The number of carbonyl (C=O) groups is 2. The van der Waals surface area contributed by atoms with Crippen molar-refractivity contribution in [1.82, 2.24) is 16.0 Å². The van der Waals surface area contributed by atoms with Crippen molar-refractivity contribution in [2.75, 3.05) is 13.2 Å². The Morgan fingerprint density at radius 1 is 1.26 bits per heavy atom. The molecule has 1 heterocycles. The summed E-state index contributed by atoms with van der Waals surface area (Å²) in [6, 6.07) is 6.72. The molecule has 1 saturated heterocycles. The van der Waals surface area contributed by atoms with Crippen LogP contribution in [0.15, 0.2) is 24.3 Å². The quantitative estimate of drug-likeness (QED) is 0.660. The summed E-state index contributed by atoms with van der Waals surface area (Å²) in [5.41, 5.74) is 0.514. The summed E-state index contributed by atoms with van der Waals surface area (Å²) in [6.07, 6.45) is 2.00. The smallest absolute Gasteiger partial charge is 0.251 e. The minimum absolute atomic E-state index is 0. The molecule has 0 aromatic heterocycles. The molecule has 1 aromatic carbocycles. The van der Waals surface area contributed by atoms with Crippen molar-refractivity contribution < 1.29 is 14.3 Å². The first kappa shape index (κ1) is 23.2. The molecule has 152 valence electrons. The van der Waals surface area contributed by atoms with Gasteiger partial charge in [0, 0.05) is 17.6 Å². The van der Waals surface area contributed by atoms with Crippen LogP contribution in [0.5, 0.6) is 5.75 Å². The maximum Gasteiger partial charge on any atom is 0.251 e. The summed E-state index contributed by atoms with van der Waals surface area (Å²) >= 11 is 0. The van der Waals surface area contributed by atoms with Crippen LogP contribution in [-0.4, -0.2) is 43.1 Å². The lowest BCUT2D eigenvalue weighted by atomic mass is 9.97. The number of benzene rings is 1. The third-order valence-electron chi connectivity index (χ3n) is 4.75. The first-order valence-corrected chi connectivity index (χ1v) is 9.49. The summed E-state index contributed by atoms with van der Waals surface area (Å²) in [4.78, 5) is 25.3. The first-order chi connectivity index (χ1) is 12.4. The second-order valence-electron chi connectivity index (χ2n) is 7.15. The van der Waals surface area contributed by atoms with Gasteiger partial charge in [0.25, 0.3) is 5.91 Å². The molecule has 27 heavy (non-hydrogen) atoms. The fourth-order valence-electron chi connectivity index (χ4n) is 3.14. The van der Waals surface area contributed by atoms with E-state index in [-0.39, 0.29) is 42.2 Å². The molecule has 2 rings (SSSR count). The third kappa shape index (κ3) is 6.70. The number of rotatable bonds is 7. The number of carbonyl (C=O) groups excluding carboxylic acids is 2. The van der Waals surface area contributed by atoms with Gasteiger partial charge in [-0.2, -0.15) is 0 Å². The standard InChI is InChI=1S/C20H31N3O3.ClH/c1-5-26-16-10-8-15(9-11-16)19(24)23-18(13(2)3)20(25)22-17-7-6-12-21-14(17)4;/h8-11,13-14,17-18,21H,5-7,12H2,1-4H3,(H,22,25)(H,23,24);1H. The predicted octanol–water partition coefficient (Wildman–Crippen LogP) is 2.52. The number of amides is 2. The minimum Gasteiger partial charge on any atom is -0.494 e. The van der Waals surface area contributed by atoms with Crippen molar-refractivity contribution in [3.8, 4) is 5.75 Å². The first-order valence-electron chi connectivity index (χ1n) is 9.49. The Balaban J connectivity index is 0.00000364. The Kier molecular flexibility index (Phi) is 9.60. The van der Waals surface area contributed by atoms with Crippen LogP contribution < -0.4 is 20.7 Å². The summed E-state index contributed by atoms with van der Waals surface area (Å²) in [6.45, 7) is 9.42. The van der Waals surface area contributed by atoms with E-state index in [9.17, 15) is 9.59 Å². The normalized spacial score (nSPS) is 20.3. The largest absolute Gasteiger partial charge is 0.494 e. The molecular formula is C20H32ClN3O3. The second-order valence-corrected chi connectivity index (χ2v) is 7.15. The molecule has 6 nitrogen and oxygen atoms in total. The summed E-state index contributed by atoms with van der Waals surface area (Å²) < 4.78 is 5.39. The zero-order valence-corrected chi connectivity index (χ0v) is 17.4. The van der Waals surface area contributed by atoms with Crippen LogP contribution in [0.3, 0.4) is 0 Å². The van der Waals surface area contributed by atoms with Crippen molar-refractivity contribution in [2.24, 2.45) is 5.92 Å². The van der Waals surface area contributed by atoms with E-state index in [1.54, 1.807) is 24.3 Å². The number of halogens is 1. The van der Waals surface area contributed by atoms with Gasteiger partial charge in [-0.1, -0.05) is 13.8 Å². The number of piperidine rings is 1. The minimum atomic E-state index is -0.566. The molecule has 1 fully saturated rings. The Morgan fingerprint density at radius 3 is 2.48 bits per heavy atom. The van der Waals surface area contributed by atoms with Crippen LogP contribution in [0, 0.1) is 5.92 Å². The fourth-order valence-corrected chi connectivity index (χ4v) is 3.14. The zero-order valence-electron chi connectivity index (χ0n) is 16.6. The van der Waals surface area contributed by atoms with Crippen molar-refractivity contribution >= 4 is 24.2 Å². The van der Waals surface area contributed by atoms with Gasteiger partial charge in [0.05, 0.1) is 6.61 Å². The zero-order chi connectivity index (χ0) is 19.1. The van der Waals surface area contributed by atoms with E-state index in [0.717, 1.165) is 25.1 Å². The van der Waals surface area contributed by atoms with Crippen LogP contribution in [0.4, 0.5) is 0 Å². The average Bonchev–Trinajstić information content (AvgIpc) is 2.62. The molecule has 7 heteroatoms. The van der Waals surface area contributed by atoms with Gasteiger partial charge in [-0.25, -0.2) is 0 Å². The van der Waals surface area contributed by atoms with Crippen molar-refractivity contribution in [3.05, 3.63) is 29.8 Å². The molecular weight excluding hydrogens is 366 g/mol. The van der Waals surface area contributed by atoms with E-state index < -0.39 is 6.04 Å². The topological polar surface area (TPSA) is 79.5 Å². The van der Waals surface area contributed by atoms with Gasteiger partial charge < -0.3 is 20.7 Å². The lowest BCUT2D eigenvalue weighted by Crippen LogP contribution is -2.57. The summed E-state index contributed by atoms with van der Waals surface area (Å²) in [5.74, 6) is 0.339. The average molecular weight is 398 g/mol. The van der Waals surface area contributed by atoms with Gasteiger partial charge in [-0.3, -0.25) is 9.59 Å². The Hall–Kier alpha value is -1.79. The molecule has 0 aliphatic carbocycles. The molecule has 1 aliphatic heterocycles. The molecule has 0 spiro atoms. The van der Waals surface area contributed by atoms with Crippen LogP contribution in [0.2, 0.25) is 0 Å². The SMILES string of the molecule is CCOc1ccc(C(=O)NC(C(=O)NC2CCCNC2C)C(C)C)cc1.Cl. The lowest BCUT2D eigenvalue weighted by Gasteiger charge is -2.32. The predicted molar refractivity (Wildman–Crippen MR) is 110 cm³/mol. The Labute approximate surface area is 168 Å². The van der Waals surface area contributed by atoms with Gasteiger partial charge in [0.2, 0.25) is 5.91 Å². The van der Waals surface area contributed by atoms with Crippen LogP contribution in [0.1, 0.15) is 50.9 Å². The highest BCUT2D eigenvalue weighted by molar-refractivity contribution is 5.97. The number of nitrogens with one attached hydrogen (secondary N) is 3. The van der Waals surface area contributed by atoms with Gasteiger partial charge in [-0.15, -0.1) is 12.4 Å². The van der Waals surface area contributed by atoms with Gasteiger partial charge in [-0.05, 0) is 63.4 Å². The van der Waals surface area contributed by atoms with E-state index in [4.69, 9.17) is 4.74 Å². The van der Waals surface area contributed by atoms with Gasteiger partial charge in [0.15, 0.2) is 0 Å². The molecule has 3 N–H and O–H groups in total. The number of hydrogen-bond acceptors (Lipinski definition) is 4. The van der Waals surface area contributed by atoms with E-state index in [1.807, 2.05) is 20.8 Å². The van der Waals surface area contributed by atoms with Gasteiger partial charge in [0.1, 0.15) is 11.8 Å². The monoisotopic (exact) mass is 397 g/mol. The maximum atomic E-state index is 12.7. The number of ether oxygens (including phenoxy) is 1.